The number of likely N-dealkylation sites (tertiary alicyclic amines) is 1. The number of H-pyrrole nitrogens is 1. The number of aromatic amines is 1. The molecule has 0 aromatic carbocycles. The van der Waals surface area contributed by atoms with E-state index in [4.69, 9.17) is 14.2 Å². The predicted octanol–water partition coefficient (Wildman–Crippen LogP) is 3.61. The van der Waals surface area contributed by atoms with Crippen molar-refractivity contribution >= 4 is 23.3 Å². The summed E-state index contributed by atoms with van der Waals surface area (Å²) in [4.78, 5) is 24.8. The number of carbonyl (C=O) groups excluding carboxylic acids is 1. The number of methoxy groups -OCH3 is 1. The van der Waals surface area contributed by atoms with Gasteiger partial charge in [0.1, 0.15) is 17.2 Å². The van der Waals surface area contributed by atoms with Crippen molar-refractivity contribution in [2.75, 3.05) is 38.7 Å². The maximum absolute atomic E-state index is 10.6. The fourth-order valence-corrected chi connectivity index (χ4v) is 3.83. The summed E-state index contributed by atoms with van der Waals surface area (Å²) in [6.07, 6.45) is 11.2. The first-order valence-corrected chi connectivity index (χ1v) is 12.0. The second kappa shape index (κ2) is 10.4. The van der Waals surface area contributed by atoms with Crippen molar-refractivity contribution in [1.82, 2.24) is 19.9 Å². The molecule has 3 fully saturated rings. The quantitative estimate of drug-likeness (QED) is 0.441. The topological polar surface area (TPSA) is 102 Å². The molecule has 34 heavy (non-hydrogen) atoms. The minimum absolute atomic E-state index is 0.266. The molecule has 6 rings (SSSR count). The third-order valence-corrected chi connectivity index (χ3v) is 6.14. The van der Waals surface area contributed by atoms with Gasteiger partial charge in [-0.2, -0.15) is 0 Å². The highest BCUT2D eigenvalue weighted by Gasteiger charge is 2.27. The molecule has 3 aromatic heterocycles. The Kier molecular flexibility index (Phi) is 6.92. The molecular weight excluding hydrogens is 434 g/mol. The van der Waals surface area contributed by atoms with Gasteiger partial charge in [0.15, 0.2) is 0 Å². The minimum atomic E-state index is 0.266. The number of rotatable bonds is 10. The smallest absolute Gasteiger partial charge is 0.224 e. The second-order valence-corrected chi connectivity index (χ2v) is 8.83. The lowest BCUT2D eigenvalue weighted by molar-refractivity contribution is -0.105. The van der Waals surface area contributed by atoms with E-state index in [1.54, 1.807) is 19.4 Å². The summed E-state index contributed by atoms with van der Waals surface area (Å²) in [7, 11) is 1.59. The van der Waals surface area contributed by atoms with Crippen LogP contribution < -0.4 is 14.8 Å². The van der Waals surface area contributed by atoms with Crippen LogP contribution in [0.4, 0.5) is 5.82 Å². The van der Waals surface area contributed by atoms with Crippen molar-refractivity contribution < 1.29 is 19.0 Å². The average Bonchev–Trinajstić information content (AvgIpc) is 3.75. The van der Waals surface area contributed by atoms with E-state index < -0.39 is 0 Å². The van der Waals surface area contributed by atoms with Gasteiger partial charge in [0.25, 0.3) is 0 Å². The molecule has 3 aliphatic rings. The summed E-state index contributed by atoms with van der Waals surface area (Å²) >= 11 is 0. The van der Waals surface area contributed by atoms with E-state index in [1.165, 1.54) is 32.4 Å². The second-order valence-electron chi connectivity index (χ2n) is 8.83. The molecule has 1 amide bonds. The number of ether oxygens (including phenoxy) is 3. The van der Waals surface area contributed by atoms with Gasteiger partial charge in [0, 0.05) is 29.9 Å². The van der Waals surface area contributed by atoms with Crippen LogP contribution in [0, 0.1) is 0 Å². The molecule has 0 unspecified atom stereocenters. The van der Waals surface area contributed by atoms with Gasteiger partial charge in [-0.25, -0.2) is 9.97 Å². The molecule has 2 N–H and O–H groups in total. The summed E-state index contributed by atoms with van der Waals surface area (Å²) in [6.45, 7) is 4.73. The first-order chi connectivity index (χ1) is 16.7. The zero-order valence-electron chi connectivity index (χ0n) is 19.5. The Labute approximate surface area is 198 Å². The average molecular weight is 466 g/mol. The van der Waals surface area contributed by atoms with Gasteiger partial charge < -0.3 is 29.4 Å². The summed E-state index contributed by atoms with van der Waals surface area (Å²) in [5, 5.41) is 3.44. The number of nitrogens with one attached hydrogen (secondary N) is 2. The Morgan fingerprint density at radius 1 is 1.18 bits per heavy atom. The number of carbonyl (C=O) groups is 1. The Hall–Kier alpha value is -3.17. The van der Waals surface area contributed by atoms with Crippen LogP contribution in [-0.2, 0) is 9.53 Å². The molecule has 9 nitrogen and oxygen atoms in total. The normalized spacial score (nSPS) is 17.4. The van der Waals surface area contributed by atoms with Crippen LogP contribution in [0.1, 0.15) is 32.1 Å². The molecule has 180 valence electrons. The van der Waals surface area contributed by atoms with Gasteiger partial charge in [-0.1, -0.05) is 0 Å². The number of nitrogens with zero attached hydrogens (tertiary/aromatic N) is 3. The zero-order valence-corrected chi connectivity index (χ0v) is 19.5. The summed E-state index contributed by atoms with van der Waals surface area (Å²) in [5.74, 6) is 1.74. The lowest BCUT2D eigenvalue weighted by Gasteiger charge is -2.30. The molecule has 2 aliphatic carbocycles. The number of hydrogen-bond donors (Lipinski definition) is 2. The van der Waals surface area contributed by atoms with Gasteiger partial charge in [-0.3, -0.25) is 4.79 Å². The van der Waals surface area contributed by atoms with Crippen molar-refractivity contribution in [3.8, 4) is 22.8 Å². The molecule has 0 radical (unpaired) electrons. The number of fused-ring (bicyclic) bond motifs is 1. The van der Waals surface area contributed by atoms with Gasteiger partial charge in [-0.05, 0) is 63.4 Å². The van der Waals surface area contributed by atoms with Gasteiger partial charge in [0.05, 0.1) is 31.5 Å². The largest absolute Gasteiger partial charge is 0.490 e. The number of amides is 1. The lowest BCUT2D eigenvalue weighted by atomic mass is 10.1. The first kappa shape index (κ1) is 22.6. The number of pyridine rings is 2. The lowest BCUT2D eigenvalue weighted by Crippen LogP contribution is -2.39. The van der Waals surface area contributed by atoms with E-state index in [0.717, 1.165) is 48.3 Å². The van der Waals surface area contributed by atoms with Crippen molar-refractivity contribution in [3.05, 3.63) is 30.6 Å². The highest BCUT2D eigenvalue weighted by atomic mass is 16.5. The first-order valence-electron chi connectivity index (χ1n) is 12.0. The Morgan fingerprint density at radius 2 is 2.00 bits per heavy atom. The standard InChI is InChI=1S/C17H16N4O3.C8H15NO/c1-23-17-15(13(6-7-18-17)24-10-2-3-10)12-8-19-16-11(12)4-5-14(21-16)20-9-22;1-4-9(5-1)6-7-10-8-2-3-8/h4-10H,2-3H2,1H3,(H2,19,20,21,22);8H,1-7H2. The van der Waals surface area contributed by atoms with Crippen LogP contribution in [0.3, 0.4) is 0 Å². The molecule has 4 heterocycles. The molecule has 1 saturated heterocycles. The maximum Gasteiger partial charge on any atom is 0.224 e. The van der Waals surface area contributed by atoms with E-state index in [-0.39, 0.29) is 6.10 Å². The Morgan fingerprint density at radius 3 is 2.68 bits per heavy atom. The number of hydrogen-bond acceptors (Lipinski definition) is 7. The molecule has 0 spiro atoms. The van der Waals surface area contributed by atoms with E-state index >= 15 is 0 Å². The Bertz CT molecular complexity index is 1120. The van der Waals surface area contributed by atoms with Gasteiger partial charge in [0.2, 0.25) is 12.3 Å². The third-order valence-electron chi connectivity index (χ3n) is 6.14. The molecular formula is C25H31N5O4. The van der Waals surface area contributed by atoms with Crippen molar-refractivity contribution in [2.45, 2.75) is 44.3 Å². The monoisotopic (exact) mass is 465 g/mol. The summed E-state index contributed by atoms with van der Waals surface area (Å²) in [5.41, 5.74) is 2.37. The molecule has 0 atom stereocenters. The van der Waals surface area contributed by atoms with Crippen LogP contribution in [0.15, 0.2) is 30.6 Å². The van der Waals surface area contributed by atoms with E-state index in [1.807, 2.05) is 18.3 Å². The van der Waals surface area contributed by atoms with Crippen LogP contribution in [0.5, 0.6) is 11.6 Å². The van der Waals surface area contributed by atoms with E-state index in [2.05, 4.69) is 25.2 Å². The SMILES string of the molecule is C1CN(CCOC2CC2)C1.COc1nccc(OC2CC2)c1-c1c[nH]c2nc(NC=O)ccc12. The van der Waals surface area contributed by atoms with Gasteiger partial charge in [-0.15, -0.1) is 0 Å². The Balaban J connectivity index is 0.000000200. The van der Waals surface area contributed by atoms with Crippen LogP contribution in [0.25, 0.3) is 22.2 Å². The van der Waals surface area contributed by atoms with Crippen LogP contribution in [0.2, 0.25) is 0 Å². The highest BCUT2D eigenvalue weighted by molar-refractivity contribution is 5.97. The summed E-state index contributed by atoms with van der Waals surface area (Å²) < 4.78 is 17.0. The molecule has 9 heteroatoms. The van der Waals surface area contributed by atoms with Gasteiger partial charge >= 0.3 is 0 Å². The fraction of sp³-hybridized carbons (Fsp3) is 0.480. The third kappa shape index (κ3) is 5.48. The summed E-state index contributed by atoms with van der Waals surface area (Å²) in [6, 6.07) is 5.50. The van der Waals surface area contributed by atoms with E-state index in [9.17, 15) is 4.79 Å². The molecule has 3 aromatic rings. The highest BCUT2D eigenvalue weighted by Crippen LogP contribution is 2.42. The number of aromatic nitrogens is 3. The van der Waals surface area contributed by atoms with E-state index in [0.29, 0.717) is 29.9 Å². The fourth-order valence-electron chi connectivity index (χ4n) is 3.83. The van der Waals surface area contributed by atoms with Crippen molar-refractivity contribution in [2.24, 2.45) is 0 Å². The van der Waals surface area contributed by atoms with Crippen LogP contribution >= 0.6 is 0 Å². The zero-order chi connectivity index (χ0) is 23.3. The predicted molar refractivity (Wildman–Crippen MR) is 129 cm³/mol. The van der Waals surface area contributed by atoms with Crippen LogP contribution in [-0.4, -0.2) is 71.8 Å². The minimum Gasteiger partial charge on any atom is -0.490 e. The van der Waals surface area contributed by atoms with Crippen molar-refractivity contribution in [3.63, 3.8) is 0 Å². The maximum atomic E-state index is 10.6. The molecule has 1 aliphatic heterocycles. The molecule has 2 saturated carbocycles. The van der Waals surface area contributed by atoms with Crippen molar-refractivity contribution in [1.29, 1.82) is 0 Å². The number of anilines is 1. The molecule has 0 bridgehead atoms.